The molecule has 2 heterocycles. The number of unbranched alkanes of at least 4 members (excludes halogenated alkanes) is 4. The first-order valence-electron chi connectivity index (χ1n) is 8.08. The molecule has 0 fully saturated rings. The number of hydrogen-bond donors (Lipinski definition) is 0. The predicted octanol–water partition coefficient (Wildman–Crippen LogP) is 3.96. The van der Waals surface area contributed by atoms with Crippen molar-refractivity contribution < 1.29 is 0 Å². The first kappa shape index (κ1) is 15.8. The van der Waals surface area contributed by atoms with Gasteiger partial charge in [0.2, 0.25) is 0 Å². The summed E-state index contributed by atoms with van der Waals surface area (Å²) in [5.74, 6) is 0. The Bertz CT molecular complexity index is 515. The first-order valence-corrected chi connectivity index (χ1v) is 8.08. The molecule has 21 heavy (non-hydrogen) atoms. The maximum Gasteiger partial charge on any atom is 0.0596 e. The number of rotatable bonds is 8. The second-order valence-corrected chi connectivity index (χ2v) is 6.07. The fourth-order valence-corrected chi connectivity index (χ4v) is 2.86. The molecule has 2 rings (SSSR count). The van der Waals surface area contributed by atoms with Crippen LogP contribution in [0, 0.1) is 27.7 Å². The Morgan fingerprint density at radius 3 is 1.38 bits per heavy atom. The van der Waals surface area contributed by atoms with Gasteiger partial charge in [-0.25, -0.2) is 0 Å². The van der Waals surface area contributed by atoms with Gasteiger partial charge in [0.25, 0.3) is 0 Å². The molecule has 116 valence electrons. The van der Waals surface area contributed by atoms with E-state index in [4.69, 9.17) is 0 Å². The Morgan fingerprint density at radius 2 is 1.05 bits per heavy atom. The maximum absolute atomic E-state index is 4.50. The Hall–Kier alpha value is -1.58. The van der Waals surface area contributed by atoms with Gasteiger partial charge < -0.3 is 0 Å². The van der Waals surface area contributed by atoms with E-state index in [1.165, 1.54) is 43.5 Å². The quantitative estimate of drug-likeness (QED) is 0.689. The molecule has 2 aromatic rings. The Kier molecular flexibility index (Phi) is 5.59. The highest BCUT2D eigenvalue weighted by atomic mass is 15.3. The minimum Gasteiger partial charge on any atom is -0.270 e. The van der Waals surface area contributed by atoms with Gasteiger partial charge in [-0.1, -0.05) is 19.3 Å². The average molecular weight is 288 g/mol. The number of aryl methyl sites for hydroxylation is 6. The standard InChI is InChI=1S/C17H28N4/c1-14-12-16(3)20(18-14)10-8-6-5-7-9-11-21-17(4)13-15(2)19-21/h12-13H,5-11H2,1-4H3. The zero-order valence-corrected chi connectivity index (χ0v) is 13.9. The van der Waals surface area contributed by atoms with Gasteiger partial charge in [-0.3, -0.25) is 9.36 Å². The highest BCUT2D eigenvalue weighted by Gasteiger charge is 2.01. The van der Waals surface area contributed by atoms with Gasteiger partial charge in [0.1, 0.15) is 0 Å². The molecule has 0 aromatic carbocycles. The van der Waals surface area contributed by atoms with Crippen LogP contribution in [0.5, 0.6) is 0 Å². The molecule has 0 saturated carbocycles. The number of hydrogen-bond acceptors (Lipinski definition) is 2. The largest absolute Gasteiger partial charge is 0.270 e. The van der Waals surface area contributed by atoms with Crippen LogP contribution in [-0.2, 0) is 13.1 Å². The van der Waals surface area contributed by atoms with E-state index in [1.54, 1.807) is 0 Å². The summed E-state index contributed by atoms with van der Waals surface area (Å²) in [6.45, 7) is 10.5. The van der Waals surface area contributed by atoms with Gasteiger partial charge in [-0.15, -0.1) is 0 Å². The van der Waals surface area contributed by atoms with E-state index in [0.29, 0.717) is 0 Å². The van der Waals surface area contributed by atoms with Crippen molar-refractivity contribution in [2.45, 2.75) is 72.9 Å². The summed E-state index contributed by atoms with van der Waals surface area (Å²) < 4.78 is 4.26. The highest BCUT2D eigenvalue weighted by molar-refractivity contribution is 5.06. The maximum atomic E-state index is 4.50. The summed E-state index contributed by atoms with van der Waals surface area (Å²) in [7, 11) is 0. The van der Waals surface area contributed by atoms with Crippen LogP contribution in [0.1, 0.15) is 54.9 Å². The third kappa shape index (κ3) is 4.73. The van der Waals surface area contributed by atoms with Crippen molar-refractivity contribution in [3.63, 3.8) is 0 Å². The van der Waals surface area contributed by atoms with Crippen molar-refractivity contribution in [3.8, 4) is 0 Å². The molecule has 4 heteroatoms. The van der Waals surface area contributed by atoms with E-state index in [-0.39, 0.29) is 0 Å². The van der Waals surface area contributed by atoms with Crippen molar-refractivity contribution in [1.82, 2.24) is 19.6 Å². The molecule has 0 aliphatic rings. The number of aromatic nitrogens is 4. The molecule has 0 aliphatic carbocycles. The normalized spacial score (nSPS) is 11.2. The summed E-state index contributed by atoms with van der Waals surface area (Å²) in [4.78, 5) is 0. The van der Waals surface area contributed by atoms with E-state index in [9.17, 15) is 0 Å². The lowest BCUT2D eigenvalue weighted by atomic mass is 10.1. The van der Waals surface area contributed by atoms with E-state index < -0.39 is 0 Å². The van der Waals surface area contributed by atoms with Gasteiger partial charge >= 0.3 is 0 Å². The molecular formula is C17H28N4. The molecule has 2 aromatic heterocycles. The molecule has 0 unspecified atom stereocenters. The molecule has 0 bridgehead atoms. The zero-order valence-electron chi connectivity index (χ0n) is 13.9. The van der Waals surface area contributed by atoms with Crippen LogP contribution in [0.4, 0.5) is 0 Å². The summed E-state index contributed by atoms with van der Waals surface area (Å²) in [6, 6.07) is 4.29. The summed E-state index contributed by atoms with van der Waals surface area (Å²) in [6.07, 6.45) is 6.33. The first-order chi connectivity index (χ1) is 10.1. The summed E-state index contributed by atoms with van der Waals surface area (Å²) in [5, 5.41) is 9.00. The lowest BCUT2D eigenvalue weighted by Crippen LogP contribution is -2.03. The van der Waals surface area contributed by atoms with Gasteiger partial charge in [0.05, 0.1) is 11.4 Å². The summed E-state index contributed by atoms with van der Waals surface area (Å²) in [5.41, 5.74) is 4.80. The zero-order chi connectivity index (χ0) is 15.2. The molecule has 0 saturated heterocycles. The molecular weight excluding hydrogens is 260 g/mol. The molecule has 0 aliphatic heterocycles. The summed E-state index contributed by atoms with van der Waals surface area (Å²) >= 11 is 0. The van der Waals surface area contributed by atoms with Crippen molar-refractivity contribution >= 4 is 0 Å². The average Bonchev–Trinajstić information content (AvgIpc) is 2.90. The van der Waals surface area contributed by atoms with Crippen molar-refractivity contribution in [2.24, 2.45) is 0 Å². The Morgan fingerprint density at radius 1 is 0.667 bits per heavy atom. The second kappa shape index (κ2) is 7.43. The molecule has 0 N–H and O–H groups in total. The molecule has 0 atom stereocenters. The van der Waals surface area contributed by atoms with Crippen LogP contribution in [0.25, 0.3) is 0 Å². The van der Waals surface area contributed by atoms with Crippen LogP contribution in [-0.4, -0.2) is 19.6 Å². The second-order valence-electron chi connectivity index (χ2n) is 6.07. The van der Waals surface area contributed by atoms with E-state index in [2.05, 4.69) is 59.4 Å². The predicted molar refractivity (Wildman–Crippen MR) is 86.5 cm³/mol. The SMILES string of the molecule is Cc1cc(C)n(CCCCCCCn2nc(C)cc2C)n1. The molecule has 0 amide bonds. The Balaban J connectivity index is 1.56. The highest BCUT2D eigenvalue weighted by Crippen LogP contribution is 2.09. The fourth-order valence-electron chi connectivity index (χ4n) is 2.86. The van der Waals surface area contributed by atoms with Crippen molar-refractivity contribution in [1.29, 1.82) is 0 Å². The van der Waals surface area contributed by atoms with Gasteiger partial charge in [-0.2, -0.15) is 10.2 Å². The van der Waals surface area contributed by atoms with Crippen LogP contribution >= 0.6 is 0 Å². The lowest BCUT2D eigenvalue weighted by molar-refractivity contribution is 0.493. The minimum absolute atomic E-state index is 1.05. The van der Waals surface area contributed by atoms with Gasteiger partial charge in [0.15, 0.2) is 0 Å². The van der Waals surface area contributed by atoms with E-state index >= 15 is 0 Å². The van der Waals surface area contributed by atoms with Crippen LogP contribution in [0.2, 0.25) is 0 Å². The lowest BCUT2D eigenvalue weighted by Gasteiger charge is -2.06. The van der Waals surface area contributed by atoms with E-state index in [1.807, 2.05) is 0 Å². The van der Waals surface area contributed by atoms with Gasteiger partial charge in [-0.05, 0) is 52.7 Å². The van der Waals surface area contributed by atoms with Crippen LogP contribution in [0.15, 0.2) is 12.1 Å². The topological polar surface area (TPSA) is 35.6 Å². The number of nitrogens with zero attached hydrogens (tertiary/aromatic N) is 4. The monoisotopic (exact) mass is 288 g/mol. The van der Waals surface area contributed by atoms with Crippen LogP contribution in [0.3, 0.4) is 0 Å². The minimum atomic E-state index is 1.05. The van der Waals surface area contributed by atoms with Crippen molar-refractivity contribution in [3.05, 3.63) is 34.9 Å². The third-order valence-electron chi connectivity index (χ3n) is 3.95. The molecule has 0 spiro atoms. The van der Waals surface area contributed by atoms with E-state index in [0.717, 1.165) is 24.5 Å². The molecule has 0 radical (unpaired) electrons. The Labute approximate surface area is 128 Å². The fraction of sp³-hybridized carbons (Fsp3) is 0.647. The van der Waals surface area contributed by atoms with Crippen molar-refractivity contribution in [2.75, 3.05) is 0 Å². The molecule has 4 nitrogen and oxygen atoms in total. The third-order valence-corrected chi connectivity index (χ3v) is 3.95. The van der Waals surface area contributed by atoms with Gasteiger partial charge in [0, 0.05) is 24.5 Å². The smallest absolute Gasteiger partial charge is 0.0596 e. The van der Waals surface area contributed by atoms with Crippen LogP contribution < -0.4 is 0 Å².